The fourth-order valence-corrected chi connectivity index (χ4v) is 2.64. The lowest BCUT2D eigenvalue weighted by molar-refractivity contribution is -0.115. The van der Waals surface area contributed by atoms with Crippen molar-refractivity contribution >= 4 is 22.9 Å². The van der Waals surface area contributed by atoms with Gasteiger partial charge < -0.3 is 5.32 Å². The van der Waals surface area contributed by atoms with E-state index in [2.05, 4.69) is 10.3 Å². The molecule has 0 radical (unpaired) electrons. The second-order valence-corrected chi connectivity index (χ2v) is 4.75. The molecule has 0 spiro atoms. The summed E-state index contributed by atoms with van der Waals surface area (Å²) >= 11 is 1.63. The molecule has 1 aliphatic rings. The van der Waals surface area contributed by atoms with Crippen molar-refractivity contribution < 1.29 is 4.79 Å². The maximum atomic E-state index is 11.2. The first-order valence-corrected chi connectivity index (χ1v) is 5.95. The molecule has 2 aromatic rings. The maximum Gasteiger partial charge on any atom is 0.228 e. The van der Waals surface area contributed by atoms with Crippen molar-refractivity contribution in [2.24, 2.45) is 0 Å². The number of anilines is 1. The number of amides is 1. The number of nitrogens with one attached hydrogen (secondary N) is 1. The minimum Gasteiger partial charge on any atom is -0.326 e. The summed E-state index contributed by atoms with van der Waals surface area (Å²) in [5, 5.41) is 5.87. The fourth-order valence-electron chi connectivity index (χ4n) is 1.85. The first-order chi connectivity index (χ1) is 7.72. The van der Waals surface area contributed by atoms with Crippen molar-refractivity contribution in [2.75, 3.05) is 5.32 Å². The van der Waals surface area contributed by atoms with Crippen LogP contribution in [0, 0.1) is 6.92 Å². The molecule has 2 heterocycles. The predicted molar refractivity (Wildman–Crippen MR) is 64.6 cm³/mol. The van der Waals surface area contributed by atoms with Gasteiger partial charge in [-0.15, -0.1) is 11.3 Å². The Morgan fingerprint density at radius 3 is 3.06 bits per heavy atom. The minimum atomic E-state index is 0.0717. The van der Waals surface area contributed by atoms with Gasteiger partial charge in [0, 0.05) is 22.3 Å². The third kappa shape index (κ3) is 1.51. The molecule has 1 amide bonds. The van der Waals surface area contributed by atoms with Crippen LogP contribution in [0.2, 0.25) is 0 Å². The molecule has 4 heteroatoms. The summed E-state index contributed by atoms with van der Waals surface area (Å²) in [6.07, 6.45) is 0.480. The lowest BCUT2D eigenvalue weighted by Gasteiger charge is -2.00. The highest BCUT2D eigenvalue weighted by Gasteiger charge is 2.18. The number of carbonyl (C=O) groups is 1. The lowest BCUT2D eigenvalue weighted by atomic mass is 10.1. The Morgan fingerprint density at radius 2 is 2.31 bits per heavy atom. The Bertz CT molecular complexity index is 574. The van der Waals surface area contributed by atoms with Crippen molar-refractivity contribution in [1.29, 1.82) is 0 Å². The molecule has 0 saturated carbocycles. The number of thiazole rings is 1. The lowest BCUT2D eigenvalue weighted by Crippen LogP contribution is -2.03. The third-order valence-electron chi connectivity index (χ3n) is 2.60. The van der Waals surface area contributed by atoms with Crippen LogP contribution in [0.1, 0.15) is 11.3 Å². The van der Waals surface area contributed by atoms with Gasteiger partial charge in [-0.25, -0.2) is 4.98 Å². The molecule has 3 rings (SSSR count). The van der Waals surface area contributed by atoms with E-state index in [-0.39, 0.29) is 5.91 Å². The molecule has 1 N–H and O–H groups in total. The number of hydrogen-bond donors (Lipinski definition) is 1. The van der Waals surface area contributed by atoms with Gasteiger partial charge in [-0.2, -0.15) is 0 Å². The van der Waals surface area contributed by atoms with E-state index < -0.39 is 0 Å². The molecule has 0 fully saturated rings. The molecular weight excluding hydrogens is 220 g/mol. The van der Waals surface area contributed by atoms with E-state index in [4.69, 9.17) is 0 Å². The summed E-state index contributed by atoms with van der Waals surface area (Å²) < 4.78 is 0. The van der Waals surface area contributed by atoms with Crippen LogP contribution in [0.4, 0.5) is 5.69 Å². The van der Waals surface area contributed by atoms with Gasteiger partial charge in [-0.05, 0) is 30.7 Å². The van der Waals surface area contributed by atoms with Crippen LogP contribution in [0.15, 0.2) is 23.6 Å². The fraction of sp³-hybridized carbons (Fsp3) is 0.167. The zero-order chi connectivity index (χ0) is 11.1. The quantitative estimate of drug-likeness (QED) is 0.818. The molecule has 0 bridgehead atoms. The van der Waals surface area contributed by atoms with Crippen LogP contribution in [0.5, 0.6) is 0 Å². The van der Waals surface area contributed by atoms with Crippen LogP contribution in [0.3, 0.4) is 0 Å². The molecule has 1 aliphatic heterocycles. The highest BCUT2D eigenvalue weighted by Crippen LogP contribution is 2.30. The molecule has 0 atom stereocenters. The van der Waals surface area contributed by atoms with Crippen LogP contribution < -0.4 is 5.32 Å². The van der Waals surface area contributed by atoms with Crippen molar-refractivity contribution in [3.63, 3.8) is 0 Å². The van der Waals surface area contributed by atoms with Crippen LogP contribution in [-0.2, 0) is 11.2 Å². The first kappa shape index (κ1) is 9.54. The van der Waals surface area contributed by atoms with Gasteiger partial charge in [0.05, 0.1) is 6.42 Å². The summed E-state index contributed by atoms with van der Waals surface area (Å²) in [5.41, 5.74) is 4.13. The van der Waals surface area contributed by atoms with E-state index in [0.29, 0.717) is 6.42 Å². The van der Waals surface area contributed by atoms with Crippen molar-refractivity contribution in [1.82, 2.24) is 4.98 Å². The number of aryl methyl sites for hydroxylation is 1. The molecular formula is C12H10N2OS. The largest absolute Gasteiger partial charge is 0.326 e. The van der Waals surface area contributed by atoms with E-state index in [1.54, 1.807) is 11.3 Å². The first-order valence-electron chi connectivity index (χ1n) is 5.07. The van der Waals surface area contributed by atoms with Gasteiger partial charge >= 0.3 is 0 Å². The summed E-state index contributed by atoms with van der Waals surface area (Å²) in [5.74, 6) is 0.0717. The molecule has 80 valence electrons. The zero-order valence-electron chi connectivity index (χ0n) is 8.78. The summed E-state index contributed by atoms with van der Waals surface area (Å²) in [6.45, 7) is 1.98. The van der Waals surface area contributed by atoms with Crippen molar-refractivity contribution in [3.05, 3.63) is 34.8 Å². The summed E-state index contributed by atoms with van der Waals surface area (Å²) in [4.78, 5) is 15.7. The molecule has 1 aromatic heterocycles. The Kier molecular flexibility index (Phi) is 2.04. The zero-order valence-corrected chi connectivity index (χ0v) is 9.60. The second kappa shape index (κ2) is 3.42. The predicted octanol–water partition coefficient (Wildman–Crippen LogP) is 2.61. The van der Waals surface area contributed by atoms with Gasteiger partial charge in [0.1, 0.15) is 5.01 Å². The Labute approximate surface area is 97.1 Å². The van der Waals surface area contributed by atoms with Crippen molar-refractivity contribution in [2.45, 2.75) is 13.3 Å². The minimum absolute atomic E-state index is 0.0717. The average molecular weight is 230 g/mol. The SMILES string of the molecule is Cc1csc(-c2ccc3c(c2)CC(=O)N3)n1. The number of nitrogens with zero attached hydrogens (tertiary/aromatic N) is 1. The highest BCUT2D eigenvalue weighted by molar-refractivity contribution is 7.13. The van der Waals surface area contributed by atoms with Gasteiger partial charge in [-0.3, -0.25) is 4.79 Å². The average Bonchev–Trinajstić information content (AvgIpc) is 2.81. The Hall–Kier alpha value is -1.68. The van der Waals surface area contributed by atoms with E-state index in [1.807, 2.05) is 30.5 Å². The van der Waals surface area contributed by atoms with E-state index >= 15 is 0 Å². The van der Waals surface area contributed by atoms with Gasteiger partial charge in [0.15, 0.2) is 0 Å². The van der Waals surface area contributed by atoms with Crippen LogP contribution in [0.25, 0.3) is 10.6 Å². The van der Waals surface area contributed by atoms with Crippen molar-refractivity contribution in [3.8, 4) is 10.6 Å². The Morgan fingerprint density at radius 1 is 1.44 bits per heavy atom. The molecule has 3 nitrogen and oxygen atoms in total. The topological polar surface area (TPSA) is 42.0 Å². The normalized spacial score (nSPS) is 13.7. The van der Waals surface area contributed by atoms with Gasteiger partial charge in [-0.1, -0.05) is 0 Å². The van der Waals surface area contributed by atoms with E-state index in [0.717, 1.165) is 27.5 Å². The smallest absolute Gasteiger partial charge is 0.228 e. The summed E-state index contributed by atoms with van der Waals surface area (Å²) in [6, 6.07) is 6.00. The molecule has 0 aliphatic carbocycles. The number of aromatic nitrogens is 1. The molecule has 0 unspecified atom stereocenters. The van der Waals surface area contributed by atoms with Gasteiger partial charge in [0.25, 0.3) is 0 Å². The molecule has 16 heavy (non-hydrogen) atoms. The number of benzene rings is 1. The van der Waals surface area contributed by atoms with Gasteiger partial charge in [0.2, 0.25) is 5.91 Å². The number of rotatable bonds is 1. The molecule has 0 saturated heterocycles. The monoisotopic (exact) mass is 230 g/mol. The molecule has 1 aromatic carbocycles. The number of hydrogen-bond acceptors (Lipinski definition) is 3. The summed E-state index contributed by atoms with van der Waals surface area (Å²) in [7, 11) is 0. The standard InChI is InChI=1S/C12H10N2OS/c1-7-6-16-12(13-7)8-2-3-10-9(4-8)5-11(15)14-10/h2-4,6H,5H2,1H3,(H,14,15). The second-order valence-electron chi connectivity index (χ2n) is 3.89. The van der Waals surface area contributed by atoms with Crippen LogP contribution >= 0.6 is 11.3 Å². The number of fused-ring (bicyclic) bond motifs is 1. The maximum absolute atomic E-state index is 11.2. The highest BCUT2D eigenvalue weighted by atomic mass is 32.1. The Balaban J connectivity index is 2.05. The van der Waals surface area contributed by atoms with E-state index in [1.165, 1.54) is 0 Å². The van der Waals surface area contributed by atoms with Crippen LogP contribution in [-0.4, -0.2) is 10.9 Å². The van der Waals surface area contributed by atoms with E-state index in [9.17, 15) is 4.79 Å². The third-order valence-corrected chi connectivity index (χ3v) is 3.61. The number of carbonyl (C=O) groups excluding carboxylic acids is 1.